The molecule has 0 aliphatic heterocycles. The Morgan fingerprint density at radius 2 is 2.25 bits per heavy atom. The van der Waals surface area contributed by atoms with Crippen molar-refractivity contribution in [3.05, 3.63) is 29.8 Å². The first-order chi connectivity index (χ1) is 9.70. The normalized spacial score (nSPS) is 12.6. The predicted octanol–water partition coefficient (Wildman–Crippen LogP) is 2.76. The second kappa shape index (κ2) is 7.14. The van der Waals surface area contributed by atoms with E-state index in [0.717, 1.165) is 37.1 Å². The molecule has 2 heterocycles. The van der Waals surface area contributed by atoms with Crippen molar-refractivity contribution in [3.8, 4) is 11.5 Å². The fourth-order valence-corrected chi connectivity index (χ4v) is 2.01. The number of hydrogen-bond acceptors (Lipinski definition) is 5. The van der Waals surface area contributed by atoms with Gasteiger partial charge in [-0.25, -0.2) is 0 Å². The van der Waals surface area contributed by atoms with Gasteiger partial charge in [0.1, 0.15) is 5.69 Å². The van der Waals surface area contributed by atoms with Crippen molar-refractivity contribution in [2.45, 2.75) is 46.1 Å². The highest BCUT2D eigenvalue weighted by Crippen LogP contribution is 2.17. The zero-order valence-corrected chi connectivity index (χ0v) is 12.4. The number of hydrogen-bond donors (Lipinski definition) is 1. The molecule has 108 valence electrons. The molecule has 1 atom stereocenters. The van der Waals surface area contributed by atoms with Gasteiger partial charge in [0.05, 0.1) is 0 Å². The van der Waals surface area contributed by atoms with Gasteiger partial charge in [0.2, 0.25) is 11.7 Å². The van der Waals surface area contributed by atoms with Gasteiger partial charge in [-0.1, -0.05) is 18.1 Å². The third-order valence-corrected chi connectivity index (χ3v) is 3.22. The molecule has 5 nitrogen and oxygen atoms in total. The third-order valence-electron chi connectivity index (χ3n) is 3.22. The maximum absolute atomic E-state index is 5.30. The van der Waals surface area contributed by atoms with Crippen molar-refractivity contribution >= 4 is 0 Å². The topological polar surface area (TPSA) is 63.8 Å². The van der Waals surface area contributed by atoms with E-state index in [0.29, 0.717) is 17.8 Å². The number of pyridine rings is 1. The number of nitrogens with zero attached hydrogens (tertiary/aromatic N) is 3. The molecule has 0 amide bonds. The van der Waals surface area contributed by atoms with E-state index >= 15 is 0 Å². The van der Waals surface area contributed by atoms with Gasteiger partial charge in [-0.2, -0.15) is 4.98 Å². The molecule has 1 unspecified atom stereocenters. The molecule has 0 saturated heterocycles. The Morgan fingerprint density at radius 1 is 1.40 bits per heavy atom. The van der Waals surface area contributed by atoms with Crippen molar-refractivity contribution in [2.24, 2.45) is 0 Å². The summed E-state index contributed by atoms with van der Waals surface area (Å²) in [6.45, 7) is 7.38. The molecule has 0 spiro atoms. The average Bonchev–Trinajstić information content (AvgIpc) is 2.92. The van der Waals surface area contributed by atoms with Gasteiger partial charge in [-0.05, 0) is 44.9 Å². The second-order valence-corrected chi connectivity index (χ2v) is 5.07. The van der Waals surface area contributed by atoms with Crippen LogP contribution in [-0.4, -0.2) is 27.7 Å². The number of nitrogens with one attached hydrogen (secondary N) is 1. The van der Waals surface area contributed by atoms with Gasteiger partial charge < -0.3 is 9.84 Å². The molecule has 0 fully saturated rings. The Kier molecular flexibility index (Phi) is 5.24. The number of rotatable bonds is 7. The van der Waals surface area contributed by atoms with Crippen LogP contribution in [0.25, 0.3) is 11.5 Å². The van der Waals surface area contributed by atoms with Gasteiger partial charge in [0.25, 0.3) is 0 Å². The molecule has 20 heavy (non-hydrogen) atoms. The van der Waals surface area contributed by atoms with E-state index in [-0.39, 0.29) is 0 Å². The molecule has 2 aromatic rings. The van der Waals surface area contributed by atoms with Gasteiger partial charge in [0.15, 0.2) is 0 Å². The van der Waals surface area contributed by atoms with Crippen LogP contribution in [0.15, 0.2) is 22.9 Å². The first-order valence-electron chi connectivity index (χ1n) is 7.18. The van der Waals surface area contributed by atoms with Gasteiger partial charge in [-0.3, -0.25) is 4.98 Å². The van der Waals surface area contributed by atoms with E-state index in [1.165, 1.54) is 0 Å². The van der Waals surface area contributed by atoms with Crippen LogP contribution in [0.3, 0.4) is 0 Å². The van der Waals surface area contributed by atoms with Crippen molar-refractivity contribution in [1.29, 1.82) is 0 Å². The lowest BCUT2D eigenvalue weighted by Crippen LogP contribution is -2.27. The van der Waals surface area contributed by atoms with Crippen LogP contribution in [-0.2, 0) is 6.42 Å². The van der Waals surface area contributed by atoms with E-state index in [1.807, 2.05) is 19.1 Å². The number of aromatic nitrogens is 3. The summed E-state index contributed by atoms with van der Waals surface area (Å²) in [6.07, 6.45) is 4.67. The predicted molar refractivity (Wildman–Crippen MR) is 78.3 cm³/mol. The highest BCUT2D eigenvalue weighted by Gasteiger charge is 2.12. The molecule has 0 saturated carbocycles. The zero-order chi connectivity index (χ0) is 14.4. The third kappa shape index (κ3) is 3.87. The summed E-state index contributed by atoms with van der Waals surface area (Å²) in [7, 11) is 0. The Hall–Kier alpha value is -1.75. The highest BCUT2D eigenvalue weighted by molar-refractivity contribution is 5.52. The molecule has 0 radical (unpaired) electrons. The highest BCUT2D eigenvalue weighted by atomic mass is 16.5. The van der Waals surface area contributed by atoms with E-state index in [2.05, 4.69) is 34.3 Å². The van der Waals surface area contributed by atoms with Crippen LogP contribution in [0.4, 0.5) is 0 Å². The summed E-state index contributed by atoms with van der Waals surface area (Å²) >= 11 is 0. The SMILES string of the molecule is CCCNC(C)CCc1nc(-c2ncccc2C)no1. The maximum atomic E-state index is 5.30. The van der Waals surface area contributed by atoms with Crippen LogP contribution in [0, 0.1) is 6.92 Å². The summed E-state index contributed by atoms with van der Waals surface area (Å²) in [5.41, 5.74) is 1.84. The zero-order valence-electron chi connectivity index (χ0n) is 12.4. The van der Waals surface area contributed by atoms with Crippen LogP contribution in [0.5, 0.6) is 0 Å². The van der Waals surface area contributed by atoms with Crippen LogP contribution < -0.4 is 5.32 Å². The Morgan fingerprint density at radius 3 is 3.00 bits per heavy atom. The lowest BCUT2D eigenvalue weighted by Gasteiger charge is -2.10. The molecule has 2 rings (SSSR count). The van der Waals surface area contributed by atoms with E-state index in [4.69, 9.17) is 4.52 Å². The minimum absolute atomic E-state index is 0.460. The van der Waals surface area contributed by atoms with E-state index in [9.17, 15) is 0 Å². The summed E-state index contributed by atoms with van der Waals surface area (Å²) in [4.78, 5) is 8.73. The molecular formula is C15H22N4O. The molecule has 1 N–H and O–H groups in total. The minimum Gasteiger partial charge on any atom is -0.339 e. The standard InChI is InChI=1S/C15H22N4O/c1-4-9-16-12(3)7-8-13-18-15(19-20-13)14-11(2)6-5-10-17-14/h5-6,10,12,16H,4,7-9H2,1-3H3. The van der Waals surface area contributed by atoms with Crippen molar-refractivity contribution in [1.82, 2.24) is 20.4 Å². The Bertz CT molecular complexity index is 538. The lowest BCUT2D eigenvalue weighted by molar-refractivity contribution is 0.367. The first-order valence-corrected chi connectivity index (χ1v) is 7.18. The average molecular weight is 274 g/mol. The van der Waals surface area contributed by atoms with E-state index in [1.54, 1.807) is 6.20 Å². The molecular weight excluding hydrogens is 252 g/mol. The van der Waals surface area contributed by atoms with Crippen LogP contribution >= 0.6 is 0 Å². The Labute approximate surface area is 119 Å². The summed E-state index contributed by atoms with van der Waals surface area (Å²) in [5.74, 6) is 1.25. The summed E-state index contributed by atoms with van der Waals surface area (Å²) in [6, 6.07) is 4.36. The molecule has 5 heteroatoms. The maximum Gasteiger partial charge on any atom is 0.227 e. The van der Waals surface area contributed by atoms with Crippen LogP contribution in [0.2, 0.25) is 0 Å². The largest absolute Gasteiger partial charge is 0.339 e. The second-order valence-electron chi connectivity index (χ2n) is 5.07. The number of aryl methyl sites for hydroxylation is 2. The van der Waals surface area contributed by atoms with Crippen molar-refractivity contribution in [2.75, 3.05) is 6.54 Å². The molecule has 0 aliphatic carbocycles. The summed E-state index contributed by atoms with van der Waals surface area (Å²) in [5, 5.41) is 7.47. The van der Waals surface area contributed by atoms with E-state index < -0.39 is 0 Å². The minimum atomic E-state index is 0.460. The van der Waals surface area contributed by atoms with Crippen LogP contribution in [0.1, 0.15) is 38.1 Å². The lowest BCUT2D eigenvalue weighted by atomic mass is 10.2. The molecule has 0 aromatic carbocycles. The smallest absolute Gasteiger partial charge is 0.227 e. The first kappa shape index (κ1) is 14.7. The molecule has 2 aromatic heterocycles. The van der Waals surface area contributed by atoms with Crippen molar-refractivity contribution < 1.29 is 4.52 Å². The fraction of sp³-hybridized carbons (Fsp3) is 0.533. The quantitative estimate of drug-likeness (QED) is 0.841. The molecule has 0 aliphatic rings. The van der Waals surface area contributed by atoms with Crippen molar-refractivity contribution in [3.63, 3.8) is 0 Å². The van der Waals surface area contributed by atoms with Gasteiger partial charge in [-0.15, -0.1) is 0 Å². The monoisotopic (exact) mass is 274 g/mol. The summed E-state index contributed by atoms with van der Waals surface area (Å²) < 4.78 is 5.30. The Balaban J connectivity index is 1.94. The van der Waals surface area contributed by atoms with Gasteiger partial charge in [0, 0.05) is 18.7 Å². The fourth-order valence-electron chi connectivity index (χ4n) is 2.01. The van der Waals surface area contributed by atoms with Gasteiger partial charge >= 0.3 is 0 Å². The molecule has 0 bridgehead atoms.